The Morgan fingerprint density at radius 3 is 2.70 bits per heavy atom. The third-order valence-corrected chi connectivity index (χ3v) is 2.52. The molecular weight excluding hydrogens is 258 g/mol. The number of aromatic nitrogens is 1. The maximum Gasteiger partial charge on any atom is 0.269 e. The molecule has 0 saturated carbocycles. The molecule has 0 radical (unpaired) electrons. The van der Waals surface area contributed by atoms with Crippen LogP contribution in [0.15, 0.2) is 18.3 Å². The molecule has 2 amide bonds. The van der Waals surface area contributed by atoms with Crippen molar-refractivity contribution >= 4 is 11.8 Å². The predicted octanol–water partition coefficient (Wildman–Crippen LogP) is 0.844. The first kappa shape index (κ1) is 16.1. The van der Waals surface area contributed by atoms with Crippen molar-refractivity contribution in [2.24, 2.45) is 5.92 Å². The van der Waals surface area contributed by atoms with Crippen molar-refractivity contribution < 1.29 is 14.3 Å². The summed E-state index contributed by atoms with van der Waals surface area (Å²) in [5, 5.41) is 5.46. The minimum absolute atomic E-state index is 0.241. The molecule has 1 heterocycles. The lowest BCUT2D eigenvalue weighted by molar-refractivity contribution is 0.0937. The van der Waals surface area contributed by atoms with Crippen molar-refractivity contribution in [1.29, 1.82) is 0 Å². The molecule has 20 heavy (non-hydrogen) atoms. The maximum absolute atomic E-state index is 11.9. The van der Waals surface area contributed by atoms with Crippen LogP contribution in [0, 0.1) is 5.92 Å². The van der Waals surface area contributed by atoms with Crippen molar-refractivity contribution in [3.8, 4) is 0 Å². The molecule has 0 saturated heterocycles. The molecule has 0 spiro atoms. The first-order valence-corrected chi connectivity index (χ1v) is 6.56. The standard InChI is InChI=1S/C14H21N3O3/c1-10(2)9-17-14(19)12-8-11(4-5-15-12)13(18)16-6-7-20-3/h4-5,8,10H,6-7,9H2,1-3H3,(H,16,18)(H,17,19). The lowest BCUT2D eigenvalue weighted by Crippen LogP contribution is -2.29. The van der Waals surface area contributed by atoms with Crippen molar-refractivity contribution in [3.05, 3.63) is 29.6 Å². The summed E-state index contributed by atoms with van der Waals surface area (Å²) in [4.78, 5) is 27.7. The van der Waals surface area contributed by atoms with Crippen molar-refractivity contribution in [1.82, 2.24) is 15.6 Å². The molecule has 1 aromatic heterocycles. The molecule has 1 aromatic rings. The Hall–Kier alpha value is -1.95. The zero-order chi connectivity index (χ0) is 15.0. The Labute approximate surface area is 118 Å². The fourth-order valence-electron chi connectivity index (χ4n) is 1.45. The molecule has 0 fully saturated rings. The van der Waals surface area contributed by atoms with Crippen LogP contribution < -0.4 is 10.6 Å². The topological polar surface area (TPSA) is 80.3 Å². The molecule has 0 unspecified atom stereocenters. The van der Waals surface area contributed by atoms with Gasteiger partial charge in [-0.05, 0) is 18.1 Å². The fraction of sp³-hybridized carbons (Fsp3) is 0.500. The number of rotatable bonds is 7. The Bertz CT molecular complexity index is 461. The van der Waals surface area contributed by atoms with Gasteiger partial charge in [-0.25, -0.2) is 0 Å². The smallest absolute Gasteiger partial charge is 0.269 e. The first-order valence-electron chi connectivity index (χ1n) is 6.56. The number of nitrogens with zero attached hydrogens (tertiary/aromatic N) is 1. The number of hydrogen-bond donors (Lipinski definition) is 2. The third-order valence-electron chi connectivity index (χ3n) is 2.52. The number of pyridine rings is 1. The van der Waals surface area contributed by atoms with E-state index in [1.165, 1.54) is 12.3 Å². The maximum atomic E-state index is 11.9. The van der Waals surface area contributed by atoms with Gasteiger partial charge < -0.3 is 15.4 Å². The van der Waals surface area contributed by atoms with Crippen LogP contribution in [0.3, 0.4) is 0 Å². The quantitative estimate of drug-likeness (QED) is 0.725. The molecular formula is C14H21N3O3. The fourth-order valence-corrected chi connectivity index (χ4v) is 1.45. The van der Waals surface area contributed by atoms with E-state index in [1.807, 2.05) is 13.8 Å². The van der Waals surface area contributed by atoms with Crippen LogP contribution in [0.2, 0.25) is 0 Å². The molecule has 0 aliphatic heterocycles. The van der Waals surface area contributed by atoms with Crippen LogP contribution in [0.4, 0.5) is 0 Å². The van der Waals surface area contributed by atoms with Crippen LogP contribution in [0.5, 0.6) is 0 Å². The molecule has 0 bridgehead atoms. The third kappa shape index (κ3) is 5.36. The van der Waals surface area contributed by atoms with Gasteiger partial charge in [0, 0.05) is 32.0 Å². The van der Waals surface area contributed by atoms with Crippen LogP contribution in [0.1, 0.15) is 34.7 Å². The number of methoxy groups -OCH3 is 1. The van der Waals surface area contributed by atoms with Gasteiger partial charge in [-0.15, -0.1) is 0 Å². The van der Waals surface area contributed by atoms with E-state index in [0.717, 1.165) is 0 Å². The predicted molar refractivity (Wildman–Crippen MR) is 75.6 cm³/mol. The highest BCUT2D eigenvalue weighted by molar-refractivity contribution is 5.98. The van der Waals surface area contributed by atoms with E-state index in [-0.39, 0.29) is 17.5 Å². The summed E-state index contributed by atoms with van der Waals surface area (Å²) < 4.78 is 4.85. The number of ether oxygens (including phenoxy) is 1. The summed E-state index contributed by atoms with van der Waals surface area (Å²) in [6.07, 6.45) is 1.45. The monoisotopic (exact) mass is 279 g/mol. The zero-order valence-electron chi connectivity index (χ0n) is 12.1. The van der Waals surface area contributed by atoms with Gasteiger partial charge in [0.05, 0.1) is 6.61 Å². The molecule has 1 rings (SSSR count). The molecule has 6 heteroatoms. The van der Waals surface area contributed by atoms with Gasteiger partial charge >= 0.3 is 0 Å². The van der Waals surface area contributed by atoms with Crippen LogP contribution in [-0.2, 0) is 4.74 Å². The van der Waals surface area contributed by atoms with Gasteiger partial charge in [0.25, 0.3) is 11.8 Å². The van der Waals surface area contributed by atoms with E-state index in [1.54, 1.807) is 13.2 Å². The Balaban J connectivity index is 2.65. The Morgan fingerprint density at radius 1 is 1.30 bits per heavy atom. The number of hydrogen-bond acceptors (Lipinski definition) is 4. The van der Waals surface area contributed by atoms with Gasteiger partial charge in [-0.1, -0.05) is 13.8 Å². The zero-order valence-corrected chi connectivity index (χ0v) is 12.1. The molecule has 110 valence electrons. The highest BCUT2D eigenvalue weighted by atomic mass is 16.5. The molecule has 0 aliphatic rings. The summed E-state index contributed by atoms with van der Waals surface area (Å²) in [6.45, 7) is 5.45. The van der Waals surface area contributed by atoms with Gasteiger partial charge in [0.2, 0.25) is 0 Å². The number of amides is 2. The number of carbonyl (C=O) groups is 2. The van der Waals surface area contributed by atoms with Crippen LogP contribution in [0.25, 0.3) is 0 Å². The van der Waals surface area contributed by atoms with E-state index in [9.17, 15) is 9.59 Å². The van der Waals surface area contributed by atoms with Crippen LogP contribution in [-0.4, -0.2) is 43.6 Å². The first-order chi connectivity index (χ1) is 9.54. The van der Waals surface area contributed by atoms with E-state index in [0.29, 0.717) is 31.2 Å². The van der Waals surface area contributed by atoms with Crippen LogP contribution >= 0.6 is 0 Å². The Kier molecular flexibility index (Phi) is 6.66. The number of carbonyl (C=O) groups excluding carboxylic acids is 2. The van der Waals surface area contributed by atoms with Gasteiger partial charge in [0.1, 0.15) is 5.69 Å². The van der Waals surface area contributed by atoms with Crippen molar-refractivity contribution in [2.45, 2.75) is 13.8 Å². The summed E-state index contributed by atoms with van der Waals surface area (Å²) >= 11 is 0. The van der Waals surface area contributed by atoms with E-state index < -0.39 is 0 Å². The van der Waals surface area contributed by atoms with E-state index in [4.69, 9.17) is 4.74 Å². The molecule has 2 N–H and O–H groups in total. The second kappa shape index (κ2) is 8.27. The summed E-state index contributed by atoms with van der Waals surface area (Å²) in [5.74, 6) is -0.160. The molecule has 0 aliphatic carbocycles. The van der Waals surface area contributed by atoms with E-state index >= 15 is 0 Å². The summed E-state index contributed by atoms with van der Waals surface area (Å²) in [6, 6.07) is 3.05. The second-order valence-corrected chi connectivity index (χ2v) is 4.78. The average molecular weight is 279 g/mol. The highest BCUT2D eigenvalue weighted by Gasteiger charge is 2.11. The Morgan fingerprint density at radius 2 is 2.05 bits per heavy atom. The second-order valence-electron chi connectivity index (χ2n) is 4.78. The molecule has 0 atom stereocenters. The average Bonchev–Trinajstić information content (AvgIpc) is 2.45. The number of nitrogens with one attached hydrogen (secondary N) is 2. The van der Waals surface area contributed by atoms with Gasteiger partial charge in [-0.3, -0.25) is 14.6 Å². The lowest BCUT2D eigenvalue weighted by Gasteiger charge is -2.08. The van der Waals surface area contributed by atoms with Crippen molar-refractivity contribution in [2.75, 3.05) is 26.8 Å². The lowest BCUT2D eigenvalue weighted by atomic mass is 10.2. The minimum atomic E-state index is -0.273. The highest BCUT2D eigenvalue weighted by Crippen LogP contribution is 2.02. The SMILES string of the molecule is COCCNC(=O)c1ccnc(C(=O)NCC(C)C)c1. The van der Waals surface area contributed by atoms with Gasteiger partial charge in [0.15, 0.2) is 0 Å². The summed E-state index contributed by atoms with van der Waals surface area (Å²) in [7, 11) is 1.57. The van der Waals surface area contributed by atoms with E-state index in [2.05, 4.69) is 15.6 Å². The minimum Gasteiger partial charge on any atom is -0.383 e. The van der Waals surface area contributed by atoms with Crippen molar-refractivity contribution in [3.63, 3.8) is 0 Å². The summed E-state index contributed by atoms with van der Waals surface area (Å²) in [5.41, 5.74) is 0.649. The largest absolute Gasteiger partial charge is 0.383 e. The molecule has 0 aromatic carbocycles. The molecule has 6 nitrogen and oxygen atoms in total. The normalized spacial score (nSPS) is 10.4. The van der Waals surface area contributed by atoms with Gasteiger partial charge in [-0.2, -0.15) is 0 Å².